The monoisotopic (exact) mass is 472 g/mol. The molecule has 0 aliphatic heterocycles. The van der Waals surface area contributed by atoms with E-state index < -0.39 is 10.0 Å². The van der Waals surface area contributed by atoms with Crippen molar-refractivity contribution in [3.8, 4) is 0 Å². The summed E-state index contributed by atoms with van der Waals surface area (Å²) in [5.41, 5.74) is 2.40. The summed E-state index contributed by atoms with van der Waals surface area (Å²) in [7, 11) is -2.06. The molecule has 0 atom stereocenters. The number of nitrogens with one attached hydrogen (secondary N) is 1. The molecule has 0 saturated carbocycles. The molecule has 0 saturated heterocycles. The smallest absolute Gasteiger partial charge is 0.305 e. The molecule has 0 amide bonds. The Hall–Kier alpha value is -2.55. The van der Waals surface area contributed by atoms with Gasteiger partial charge >= 0.3 is 5.97 Å². The van der Waals surface area contributed by atoms with Crippen LogP contribution in [0.5, 0.6) is 0 Å². The number of unbranched alkanes of at least 4 members (excludes halogenated alkanes) is 1. The molecule has 0 fully saturated rings. The molecule has 2 heterocycles. The van der Waals surface area contributed by atoms with E-state index in [2.05, 4.69) is 21.8 Å². The number of carbonyl (C=O) groups is 1. The van der Waals surface area contributed by atoms with Crippen molar-refractivity contribution >= 4 is 27.3 Å². The maximum atomic E-state index is 12.3. The van der Waals surface area contributed by atoms with Gasteiger partial charge in [0.2, 0.25) is 10.0 Å². The summed E-state index contributed by atoms with van der Waals surface area (Å²) < 4.78 is 32.1. The van der Waals surface area contributed by atoms with Crippen molar-refractivity contribution in [3.63, 3.8) is 0 Å². The SMILES string of the molecule is COC(=O)CCc1cc(CCCCNS(=O)(=O)c2ccccc2)c(Cc2cccnc2)s1. The van der Waals surface area contributed by atoms with Gasteiger partial charge in [0.15, 0.2) is 0 Å². The summed E-state index contributed by atoms with van der Waals surface area (Å²) in [6, 6.07) is 14.6. The van der Waals surface area contributed by atoms with Crippen LogP contribution in [0.4, 0.5) is 0 Å². The van der Waals surface area contributed by atoms with Gasteiger partial charge in [0.05, 0.1) is 18.4 Å². The first kappa shape index (κ1) is 24.1. The number of benzene rings is 1. The van der Waals surface area contributed by atoms with E-state index in [0.29, 0.717) is 19.4 Å². The van der Waals surface area contributed by atoms with E-state index in [-0.39, 0.29) is 10.9 Å². The van der Waals surface area contributed by atoms with E-state index in [0.717, 1.165) is 36.1 Å². The number of methoxy groups -OCH3 is 1. The highest BCUT2D eigenvalue weighted by atomic mass is 32.2. The third-order valence-corrected chi connectivity index (χ3v) is 7.77. The Labute approximate surface area is 193 Å². The molecule has 0 aliphatic rings. The topological polar surface area (TPSA) is 85.4 Å². The highest BCUT2D eigenvalue weighted by Crippen LogP contribution is 2.28. The van der Waals surface area contributed by atoms with Gasteiger partial charge in [0, 0.05) is 35.1 Å². The summed E-state index contributed by atoms with van der Waals surface area (Å²) in [5, 5.41) is 0. The van der Waals surface area contributed by atoms with Crippen LogP contribution in [0, 0.1) is 0 Å². The van der Waals surface area contributed by atoms with Crippen LogP contribution in [-0.2, 0) is 38.8 Å². The highest BCUT2D eigenvalue weighted by molar-refractivity contribution is 7.89. The lowest BCUT2D eigenvalue weighted by atomic mass is 10.0. The summed E-state index contributed by atoms with van der Waals surface area (Å²) in [6.07, 6.45) is 7.92. The summed E-state index contributed by atoms with van der Waals surface area (Å²) in [5.74, 6) is -0.209. The minimum Gasteiger partial charge on any atom is -0.469 e. The molecule has 1 aromatic carbocycles. The average molecular weight is 473 g/mol. The van der Waals surface area contributed by atoms with Crippen LogP contribution in [-0.4, -0.2) is 33.0 Å². The third-order valence-electron chi connectivity index (χ3n) is 5.06. The number of esters is 1. The lowest BCUT2D eigenvalue weighted by molar-refractivity contribution is -0.140. The summed E-state index contributed by atoms with van der Waals surface area (Å²) in [6.45, 7) is 0.397. The number of thiophene rings is 1. The van der Waals surface area contributed by atoms with Crippen LogP contribution in [0.3, 0.4) is 0 Å². The van der Waals surface area contributed by atoms with Gasteiger partial charge in [0.1, 0.15) is 0 Å². The summed E-state index contributed by atoms with van der Waals surface area (Å²) >= 11 is 1.73. The first-order chi connectivity index (χ1) is 15.5. The van der Waals surface area contributed by atoms with Gasteiger partial charge in [-0.15, -0.1) is 11.3 Å². The van der Waals surface area contributed by atoms with E-state index >= 15 is 0 Å². The Morgan fingerprint density at radius 2 is 1.91 bits per heavy atom. The number of sulfonamides is 1. The van der Waals surface area contributed by atoms with Crippen LogP contribution in [0.1, 0.15) is 40.1 Å². The normalized spacial score (nSPS) is 11.4. The third kappa shape index (κ3) is 7.25. The second kappa shape index (κ2) is 11.9. The minimum absolute atomic E-state index is 0.209. The molecule has 1 N–H and O–H groups in total. The predicted molar refractivity (Wildman–Crippen MR) is 126 cm³/mol. The van der Waals surface area contributed by atoms with Gasteiger partial charge in [-0.05, 0) is 61.1 Å². The van der Waals surface area contributed by atoms with E-state index in [1.807, 2.05) is 12.3 Å². The van der Waals surface area contributed by atoms with Crippen LogP contribution in [0.2, 0.25) is 0 Å². The fourth-order valence-electron chi connectivity index (χ4n) is 3.36. The molecule has 2 aromatic heterocycles. The summed E-state index contributed by atoms with van der Waals surface area (Å²) in [4.78, 5) is 18.4. The molecule has 0 aliphatic carbocycles. The van der Waals surface area contributed by atoms with Gasteiger partial charge in [-0.25, -0.2) is 13.1 Å². The number of hydrogen-bond acceptors (Lipinski definition) is 6. The first-order valence-corrected chi connectivity index (χ1v) is 12.9. The number of carbonyl (C=O) groups excluding carboxylic acids is 1. The Bertz CT molecular complexity index is 1100. The van der Waals surface area contributed by atoms with Crippen molar-refractivity contribution in [2.24, 2.45) is 0 Å². The van der Waals surface area contributed by atoms with E-state index in [1.54, 1.807) is 47.9 Å². The molecule has 170 valence electrons. The number of hydrogen-bond donors (Lipinski definition) is 1. The van der Waals surface area contributed by atoms with Gasteiger partial charge in [-0.1, -0.05) is 24.3 Å². The van der Waals surface area contributed by atoms with Crippen LogP contribution < -0.4 is 4.72 Å². The zero-order valence-corrected chi connectivity index (χ0v) is 19.8. The van der Waals surface area contributed by atoms with Crippen LogP contribution >= 0.6 is 11.3 Å². The number of ether oxygens (including phenoxy) is 1. The van der Waals surface area contributed by atoms with Crippen molar-refractivity contribution in [1.82, 2.24) is 9.71 Å². The van der Waals surface area contributed by atoms with Crippen LogP contribution in [0.25, 0.3) is 0 Å². The van der Waals surface area contributed by atoms with Crippen molar-refractivity contribution in [2.45, 2.75) is 43.4 Å². The molecule has 0 spiro atoms. The van der Waals surface area contributed by atoms with Crippen molar-refractivity contribution in [3.05, 3.63) is 81.8 Å². The highest BCUT2D eigenvalue weighted by Gasteiger charge is 2.14. The average Bonchev–Trinajstić information content (AvgIpc) is 3.19. The van der Waals surface area contributed by atoms with Crippen molar-refractivity contribution in [2.75, 3.05) is 13.7 Å². The van der Waals surface area contributed by atoms with Crippen molar-refractivity contribution in [1.29, 1.82) is 0 Å². The largest absolute Gasteiger partial charge is 0.469 e. The number of aromatic nitrogens is 1. The standard InChI is InChI=1S/C24H28N2O4S2/c1-30-24(27)13-12-21-17-20(23(31-21)16-19-8-7-14-25-18-19)9-5-6-15-26-32(28,29)22-10-3-2-4-11-22/h2-4,7-8,10-11,14,17-18,26H,5-6,9,12-13,15-16H2,1H3. The maximum Gasteiger partial charge on any atom is 0.305 e. The van der Waals surface area contributed by atoms with Crippen LogP contribution in [0.15, 0.2) is 65.8 Å². The molecular weight excluding hydrogens is 444 g/mol. The quantitative estimate of drug-likeness (QED) is 0.316. The Morgan fingerprint density at radius 3 is 2.62 bits per heavy atom. The second-order valence-corrected chi connectivity index (χ2v) is 10.4. The van der Waals surface area contributed by atoms with E-state index in [4.69, 9.17) is 4.74 Å². The number of nitrogens with zero attached hydrogens (tertiary/aromatic N) is 1. The Kier molecular flexibility index (Phi) is 8.96. The molecular formula is C24H28N2O4S2. The van der Waals surface area contributed by atoms with E-state index in [1.165, 1.54) is 17.6 Å². The molecule has 32 heavy (non-hydrogen) atoms. The fourth-order valence-corrected chi connectivity index (χ4v) is 5.71. The molecule has 3 rings (SSSR count). The van der Waals surface area contributed by atoms with Gasteiger partial charge in [-0.2, -0.15) is 0 Å². The molecule has 6 nitrogen and oxygen atoms in total. The fraction of sp³-hybridized carbons (Fsp3) is 0.333. The molecule has 0 radical (unpaired) electrons. The lowest BCUT2D eigenvalue weighted by Gasteiger charge is -2.07. The molecule has 3 aromatic rings. The van der Waals surface area contributed by atoms with Gasteiger partial charge in [0.25, 0.3) is 0 Å². The maximum absolute atomic E-state index is 12.3. The van der Waals surface area contributed by atoms with Crippen molar-refractivity contribution < 1.29 is 17.9 Å². The molecule has 0 unspecified atom stereocenters. The molecule has 0 bridgehead atoms. The lowest BCUT2D eigenvalue weighted by Crippen LogP contribution is -2.24. The number of pyridine rings is 1. The minimum atomic E-state index is -3.47. The zero-order chi connectivity index (χ0) is 22.8. The zero-order valence-electron chi connectivity index (χ0n) is 18.1. The Balaban J connectivity index is 1.57. The van der Waals surface area contributed by atoms with Gasteiger partial charge in [-0.3, -0.25) is 9.78 Å². The predicted octanol–water partition coefficient (Wildman–Crippen LogP) is 4.14. The number of aryl methyl sites for hydroxylation is 2. The van der Waals surface area contributed by atoms with Gasteiger partial charge < -0.3 is 4.74 Å². The molecule has 8 heteroatoms. The Morgan fingerprint density at radius 1 is 1.09 bits per heavy atom. The number of rotatable bonds is 12. The van der Waals surface area contributed by atoms with E-state index in [9.17, 15) is 13.2 Å². The second-order valence-electron chi connectivity index (χ2n) is 7.44. The first-order valence-electron chi connectivity index (χ1n) is 10.6.